The van der Waals surface area contributed by atoms with E-state index in [0.717, 1.165) is 32.1 Å². The Balaban J connectivity index is 1.64. The molecule has 1 aliphatic carbocycles. The molecule has 2 atom stereocenters. The molecule has 2 aromatic rings. The van der Waals surface area contributed by atoms with Crippen LogP contribution in [-0.4, -0.2) is 27.6 Å². The van der Waals surface area contributed by atoms with Crippen molar-refractivity contribution in [1.29, 1.82) is 0 Å². The van der Waals surface area contributed by atoms with Crippen LogP contribution in [0.1, 0.15) is 55.2 Å². The van der Waals surface area contributed by atoms with Gasteiger partial charge in [-0.25, -0.2) is 4.21 Å². The lowest BCUT2D eigenvalue weighted by Gasteiger charge is -2.29. The lowest BCUT2D eigenvalue weighted by atomic mass is 9.86. The van der Waals surface area contributed by atoms with Crippen LogP contribution in [0, 0.1) is 6.92 Å². The van der Waals surface area contributed by atoms with Crippen molar-refractivity contribution < 1.29 is 22.2 Å². The third-order valence-corrected chi connectivity index (χ3v) is 9.20. The Labute approximate surface area is 207 Å². The minimum Gasteiger partial charge on any atom is -0.374 e. The number of alkyl halides is 3. The van der Waals surface area contributed by atoms with E-state index in [-0.39, 0.29) is 26.6 Å². The van der Waals surface area contributed by atoms with Crippen LogP contribution in [0.4, 0.5) is 18.9 Å². The number of rotatable bonds is 4. The molecule has 10 heteroatoms. The van der Waals surface area contributed by atoms with Gasteiger partial charge in [0.2, 0.25) is 0 Å². The molecule has 4 rings (SSSR count). The lowest BCUT2D eigenvalue weighted by molar-refractivity contribution is -0.275. The summed E-state index contributed by atoms with van der Waals surface area (Å²) in [5.74, 6) is 0. The van der Waals surface area contributed by atoms with E-state index in [4.69, 9.17) is 28.0 Å². The largest absolute Gasteiger partial charge is 0.435 e. The van der Waals surface area contributed by atoms with Gasteiger partial charge in [-0.1, -0.05) is 53.7 Å². The molecule has 0 aromatic heterocycles. The molecule has 2 unspecified atom stereocenters. The van der Waals surface area contributed by atoms with Crippen LogP contribution in [0.5, 0.6) is 0 Å². The first-order valence-electron chi connectivity index (χ1n) is 11.0. The van der Waals surface area contributed by atoms with Gasteiger partial charge in [-0.2, -0.15) is 17.5 Å². The van der Waals surface area contributed by atoms with Crippen molar-refractivity contribution in [3.8, 4) is 0 Å². The Morgan fingerprint density at radius 2 is 1.74 bits per heavy atom. The standard InChI is InChI=1S/C24H25Cl2F3N2O2S/c1-15-10-16(8-9-21(15)31-34(2,32)20-6-4-3-5-7-20)22-14-23(33-30-22,24(27,28)29)17-11-18(25)13-19(26)12-17/h8-13,20H,3-7,14H2,1-2H3. The van der Waals surface area contributed by atoms with Crippen molar-refractivity contribution in [3.63, 3.8) is 0 Å². The van der Waals surface area contributed by atoms with Gasteiger partial charge in [0.15, 0.2) is 0 Å². The first-order chi connectivity index (χ1) is 15.9. The van der Waals surface area contributed by atoms with Crippen molar-refractivity contribution in [2.75, 3.05) is 6.26 Å². The van der Waals surface area contributed by atoms with Crippen molar-refractivity contribution >= 4 is 44.3 Å². The summed E-state index contributed by atoms with van der Waals surface area (Å²) in [5.41, 5.74) is -0.987. The van der Waals surface area contributed by atoms with Gasteiger partial charge in [0.25, 0.3) is 5.60 Å². The van der Waals surface area contributed by atoms with E-state index >= 15 is 0 Å². The average Bonchev–Trinajstić information content (AvgIpc) is 3.22. The lowest BCUT2D eigenvalue weighted by Crippen LogP contribution is -2.42. The third-order valence-electron chi connectivity index (χ3n) is 6.50. The molecule has 1 heterocycles. The minimum absolute atomic E-state index is 0.0601. The van der Waals surface area contributed by atoms with Crippen LogP contribution in [-0.2, 0) is 20.2 Å². The maximum atomic E-state index is 14.2. The molecule has 1 aliphatic heterocycles. The number of benzene rings is 2. The number of halogens is 5. The minimum atomic E-state index is -4.76. The predicted octanol–water partition coefficient (Wildman–Crippen LogP) is 7.95. The maximum Gasteiger partial charge on any atom is 0.435 e. The molecule has 1 saturated carbocycles. The molecule has 4 nitrogen and oxygen atoms in total. The zero-order valence-electron chi connectivity index (χ0n) is 18.8. The van der Waals surface area contributed by atoms with Crippen LogP contribution in [0.15, 0.2) is 45.9 Å². The van der Waals surface area contributed by atoms with Crippen molar-refractivity contribution in [2.24, 2.45) is 9.52 Å². The molecule has 34 heavy (non-hydrogen) atoms. The summed E-state index contributed by atoms with van der Waals surface area (Å²) >= 11 is 11.9. The fourth-order valence-electron chi connectivity index (χ4n) is 4.56. The van der Waals surface area contributed by atoms with Crippen LogP contribution in [0.2, 0.25) is 10.0 Å². The molecule has 0 bridgehead atoms. The molecule has 0 N–H and O–H groups in total. The molecule has 0 radical (unpaired) electrons. The third kappa shape index (κ3) is 4.95. The maximum absolute atomic E-state index is 14.2. The summed E-state index contributed by atoms with van der Waals surface area (Å²) < 4.78 is 60.5. The molecule has 2 aliphatic rings. The van der Waals surface area contributed by atoms with E-state index in [1.54, 1.807) is 31.4 Å². The molecule has 0 amide bonds. The molecule has 2 aromatic carbocycles. The van der Waals surface area contributed by atoms with Gasteiger partial charge in [0, 0.05) is 33.5 Å². The van der Waals surface area contributed by atoms with Gasteiger partial charge in [0.05, 0.1) is 21.1 Å². The molecular weight excluding hydrogens is 508 g/mol. The van der Waals surface area contributed by atoms with E-state index in [9.17, 15) is 17.4 Å². The normalized spacial score (nSPS) is 23.2. The number of oxime groups is 1. The van der Waals surface area contributed by atoms with E-state index in [0.29, 0.717) is 16.8 Å². The Morgan fingerprint density at radius 1 is 1.09 bits per heavy atom. The van der Waals surface area contributed by atoms with Crippen molar-refractivity contribution in [3.05, 3.63) is 63.1 Å². The first-order valence-corrected chi connectivity index (χ1v) is 13.8. The highest BCUT2D eigenvalue weighted by atomic mass is 35.5. The number of hydrogen-bond acceptors (Lipinski definition) is 4. The zero-order chi connectivity index (χ0) is 24.7. The highest BCUT2D eigenvalue weighted by molar-refractivity contribution is 7.93. The van der Waals surface area contributed by atoms with Gasteiger partial charge in [0.1, 0.15) is 0 Å². The second-order valence-electron chi connectivity index (χ2n) is 9.00. The van der Waals surface area contributed by atoms with Crippen molar-refractivity contribution in [1.82, 2.24) is 0 Å². The number of aryl methyl sites for hydroxylation is 1. The Kier molecular flexibility index (Phi) is 6.97. The van der Waals surface area contributed by atoms with Crippen LogP contribution >= 0.6 is 23.2 Å². The Bertz CT molecular complexity index is 1230. The summed E-state index contributed by atoms with van der Waals surface area (Å²) in [5, 5.41) is 4.01. The highest BCUT2D eigenvalue weighted by Gasteiger charge is 2.62. The Hall–Kier alpha value is -1.77. The van der Waals surface area contributed by atoms with Crippen molar-refractivity contribution in [2.45, 2.75) is 62.5 Å². The molecule has 0 spiro atoms. The van der Waals surface area contributed by atoms with Gasteiger partial charge in [-0.05, 0) is 61.2 Å². The topological polar surface area (TPSA) is 51.0 Å². The summed E-state index contributed by atoms with van der Waals surface area (Å²) in [6, 6.07) is 8.77. The van der Waals surface area contributed by atoms with E-state index in [1.165, 1.54) is 18.2 Å². The number of nitrogens with zero attached hydrogens (tertiary/aromatic N) is 2. The monoisotopic (exact) mass is 532 g/mol. The van der Waals surface area contributed by atoms with Gasteiger partial charge < -0.3 is 4.84 Å². The summed E-state index contributed by atoms with van der Waals surface area (Å²) in [6.45, 7) is 1.79. The Morgan fingerprint density at radius 3 is 2.32 bits per heavy atom. The molecule has 184 valence electrons. The van der Waals surface area contributed by atoms with Crippen LogP contribution < -0.4 is 0 Å². The first kappa shape index (κ1) is 25.3. The smallest absolute Gasteiger partial charge is 0.374 e. The van der Waals surface area contributed by atoms with Gasteiger partial charge >= 0.3 is 6.18 Å². The zero-order valence-corrected chi connectivity index (χ0v) is 21.1. The van der Waals surface area contributed by atoms with Crippen LogP contribution in [0.25, 0.3) is 0 Å². The molecule has 1 fully saturated rings. The van der Waals surface area contributed by atoms with Gasteiger partial charge in [-0.15, -0.1) is 0 Å². The number of hydrogen-bond donors (Lipinski definition) is 0. The SMILES string of the molecule is Cc1cc(C2=NOC(c3cc(Cl)cc(Cl)c3)(C(F)(F)F)C2)ccc1N=S(C)(=O)C1CCCCC1. The molecular formula is C24H25Cl2F3N2O2S. The van der Waals surface area contributed by atoms with E-state index < -0.39 is 27.9 Å². The quantitative estimate of drug-likeness (QED) is 0.401. The summed E-state index contributed by atoms with van der Waals surface area (Å²) in [7, 11) is -2.43. The fourth-order valence-corrected chi connectivity index (χ4v) is 7.03. The highest BCUT2D eigenvalue weighted by Crippen LogP contribution is 2.49. The average molecular weight is 533 g/mol. The molecule has 0 saturated heterocycles. The summed E-state index contributed by atoms with van der Waals surface area (Å²) in [4.78, 5) is 5.07. The second kappa shape index (κ2) is 9.36. The van der Waals surface area contributed by atoms with E-state index in [1.807, 2.05) is 0 Å². The van der Waals surface area contributed by atoms with Crippen LogP contribution in [0.3, 0.4) is 0 Å². The fraction of sp³-hybridized carbons (Fsp3) is 0.458. The van der Waals surface area contributed by atoms with E-state index in [2.05, 4.69) is 9.52 Å². The second-order valence-corrected chi connectivity index (χ2v) is 12.4. The predicted molar refractivity (Wildman–Crippen MR) is 131 cm³/mol. The summed E-state index contributed by atoms with van der Waals surface area (Å²) in [6.07, 6.45) is 1.47. The van der Waals surface area contributed by atoms with Gasteiger partial charge in [-0.3, -0.25) is 0 Å².